The summed E-state index contributed by atoms with van der Waals surface area (Å²) in [5.74, 6) is 1.55. The number of carbonyl (C=O) groups excluding carboxylic acids is 1. The third-order valence-corrected chi connectivity index (χ3v) is 6.33. The first-order chi connectivity index (χ1) is 14.5. The van der Waals surface area contributed by atoms with Gasteiger partial charge in [0.05, 0.1) is 19.3 Å². The topological polar surface area (TPSA) is 44.6 Å². The van der Waals surface area contributed by atoms with Crippen LogP contribution in [0.25, 0.3) is 0 Å². The Balaban J connectivity index is 1.21. The Hall–Kier alpha value is -2.18. The first-order valence-corrected chi connectivity index (χ1v) is 11.3. The molecular formula is C24H35N5O. The molecular weight excluding hydrogens is 374 g/mol. The zero-order valence-corrected chi connectivity index (χ0v) is 18.4. The van der Waals surface area contributed by atoms with Crippen molar-refractivity contribution in [3.8, 4) is 0 Å². The molecule has 2 aliphatic rings. The molecule has 1 amide bonds. The normalized spacial score (nSPS) is 23.6. The summed E-state index contributed by atoms with van der Waals surface area (Å²) in [7, 11) is 0. The van der Waals surface area contributed by atoms with Crippen molar-refractivity contribution in [2.75, 3.05) is 45.8 Å². The number of nitrogens with zero attached hydrogens (tertiary/aromatic N) is 5. The lowest BCUT2D eigenvalue weighted by atomic mass is 9.92. The predicted molar refractivity (Wildman–Crippen MR) is 119 cm³/mol. The maximum atomic E-state index is 12.7. The highest BCUT2D eigenvalue weighted by Gasteiger charge is 2.27. The SMILES string of the molecule is C[C@@H]1C[C@H](C)CN(C(=O)CN2CCN(Cc3cnn(Cc4ccccc4)c3)CC2)C1. The number of hydrogen-bond donors (Lipinski definition) is 0. The van der Waals surface area contributed by atoms with Gasteiger partial charge in [-0.2, -0.15) is 5.10 Å². The Morgan fingerprint density at radius 1 is 0.933 bits per heavy atom. The van der Waals surface area contributed by atoms with Gasteiger partial charge in [0, 0.05) is 57.6 Å². The van der Waals surface area contributed by atoms with Gasteiger partial charge in [-0.15, -0.1) is 0 Å². The molecule has 0 saturated carbocycles. The molecule has 30 heavy (non-hydrogen) atoms. The molecule has 6 nitrogen and oxygen atoms in total. The Morgan fingerprint density at radius 2 is 1.60 bits per heavy atom. The van der Waals surface area contributed by atoms with Crippen molar-refractivity contribution >= 4 is 5.91 Å². The molecule has 0 N–H and O–H groups in total. The highest BCUT2D eigenvalue weighted by atomic mass is 16.2. The minimum atomic E-state index is 0.309. The van der Waals surface area contributed by atoms with E-state index >= 15 is 0 Å². The van der Waals surface area contributed by atoms with Crippen molar-refractivity contribution in [2.45, 2.75) is 33.4 Å². The molecule has 2 aromatic rings. The van der Waals surface area contributed by atoms with Crippen LogP contribution in [0.1, 0.15) is 31.4 Å². The van der Waals surface area contributed by atoms with Crippen LogP contribution in [-0.2, 0) is 17.9 Å². The third-order valence-electron chi connectivity index (χ3n) is 6.33. The maximum absolute atomic E-state index is 12.7. The number of benzene rings is 1. The second kappa shape index (κ2) is 9.75. The molecule has 1 aromatic heterocycles. The summed E-state index contributed by atoms with van der Waals surface area (Å²) in [5.41, 5.74) is 2.52. The Kier molecular flexibility index (Phi) is 6.85. The van der Waals surface area contributed by atoms with E-state index in [1.165, 1.54) is 17.5 Å². The van der Waals surface area contributed by atoms with Gasteiger partial charge in [0.2, 0.25) is 5.91 Å². The maximum Gasteiger partial charge on any atom is 0.236 e. The van der Waals surface area contributed by atoms with Gasteiger partial charge in [-0.05, 0) is 23.8 Å². The van der Waals surface area contributed by atoms with Gasteiger partial charge >= 0.3 is 0 Å². The van der Waals surface area contributed by atoms with Gasteiger partial charge in [0.25, 0.3) is 0 Å². The van der Waals surface area contributed by atoms with Crippen LogP contribution in [0.2, 0.25) is 0 Å². The smallest absolute Gasteiger partial charge is 0.236 e. The predicted octanol–water partition coefficient (Wildman–Crippen LogP) is 2.55. The lowest BCUT2D eigenvalue weighted by Gasteiger charge is -2.38. The number of piperidine rings is 1. The number of aromatic nitrogens is 2. The van der Waals surface area contributed by atoms with Crippen LogP contribution in [0.3, 0.4) is 0 Å². The molecule has 0 radical (unpaired) electrons. The molecule has 3 heterocycles. The summed E-state index contributed by atoms with van der Waals surface area (Å²) < 4.78 is 2.01. The second-order valence-electron chi connectivity index (χ2n) is 9.33. The van der Waals surface area contributed by atoms with E-state index in [4.69, 9.17) is 0 Å². The molecule has 162 valence electrons. The number of carbonyl (C=O) groups is 1. The zero-order chi connectivity index (χ0) is 20.9. The Morgan fingerprint density at radius 3 is 2.30 bits per heavy atom. The molecule has 2 aliphatic heterocycles. The van der Waals surface area contributed by atoms with Crippen LogP contribution in [-0.4, -0.2) is 76.2 Å². The number of amides is 1. The highest BCUT2D eigenvalue weighted by Crippen LogP contribution is 2.21. The molecule has 2 saturated heterocycles. The van der Waals surface area contributed by atoms with Crippen molar-refractivity contribution in [1.29, 1.82) is 0 Å². The lowest BCUT2D eigenvalue weighted by Crippen LogP contribution is -2.51. The van der Waals surface area contributed by atoms with E-state index in [-0.39, 0.29) is 0 Å². The van der Waals surface area contributed by atoms with Crippen LogP contribution in [0, 0.1) is 11.8 Å². The van der Waals surface area contributed by atoms with Crippen molar-refractivity contribution in [3.63, 3.8) is 0 Å². The minimum absolute atomic E-state index is 0.309. The van der Waals surface area contributed by atoms with Crippen LogP contribution in [0.5, 0.6) is 0 Å². The van der Waals surface area contributed by atoms with Crippen molar-refractivity contribution in [1.82, 2.24) is 24.5 Å². The van der Waals surface area contributed by atoms with Crippen LogP contribution < -0.4 is 0 Å². The monoisotopic (exact) mass is 409 g/mol. The summed E-state index contributed by atoms with van der Waals surface area (Å²) in [5, 5.41) is 4.52. The third kappa shape index (κ3) is 5.70. The Bertz CT molecular complexity index is 802. The number of likely N-dealkylation sites (tertiary alicyclic amines) is 1. The van der Waals surface area contributed by atoms with Gasteiger partial charge in [-0.25, -0.2) is 0 Å². The largest absolute Gasteiger partial charge is 0.341 e. The quantitative estimate of drug-likeness (QED) is 0.736. The van der Waals surface area contributed by atoms with Gasteiger partial charge in [-0.1, -0.05) is 44.2 Å². The summed E-state index contributed by atoms with van der Waals surface area (Å²) in [6.07, 6.45) is 5.38. The first kappa shape index (κ1) is 21.1. The van der Waals surface area contributed by atoms with Gasteiger partial charge in [-0.3, -0.25) is 19.3 Å². The highest BCUT2D eigenvalue weighted by molar-refractivity contribution is 5.78. The van der Waals surface area contributed by atoms with Crippen LogP contribution in [0.15, 0.2) is 42.7 Å². The average Bonchev–Trinajstić information content (AvgIpc) is 3.16. The fourth-order valence-electron chi connectivity index (χ4n) is 4.87. The Labute approximate surface area is 180 Å². The summed E-state index contributed by atoms with van der Waals surface area (Å²) in [6, 6.07) is 10.4. The van der Waals surface area contributed by atoms with Crippen molar-refractivity contribution in [2.24, 2.45) is 11.8 Å². The fraction of sp³-hybridized carbons (Fsp3) is 0.583. The lowest BCUT2D eigenvalue weighted by molar-refractivity contribution is -0.135. The van der Waals surface area contributed by atoms with Crippen molar-refractivity contribution < 1.29 is 4.79 Å². The minimum Gasteiger partial charge on any atom is -0.341 e. The molecule has 0 bridgehead atoms. The standard InChI is InChI=1S/C24H35N5O/c1-20-12-21(2)15-28(14-20)24(30)19-27-10-8-26(9-11-27)16-23-13-25-29(18-23)17-22-6-4-3-5-7-22/h3-7,13,18,20-21H,8-12,14-17,19H2,1-2H3/t20-,21+. The van der Waals surface area contributed by atoms with E-state index in [0.29, 0.717) is 24.3 Å². The van der Waals surface area contributed by atoms with E-state index in [1.807, 2.05) is 16.9 Å². The molecule has 1 aromatic carbocycles. The van der Waals surface area contributed by atoms with Crippen molar-refractivity contribution in [3.05, 3.63) is 53.9 Å². The number of piperazine rings is 1. The fourth-order valence-corrected chi connectivity index (χ4v) is 4.87. The molecule has 6 heteroatoms. The van der Waals surface area contributed by atoms with E-state index in [0.717, 1.165) is 52.4 Å². The van der Waals surface area contributed by atoms with E-state index in [9.17, 15) is 4.79 Å². The molecule has 2 atom stereocenters. The average molecular weight is 410 g/mol. The van der Waals surface area contributed by atoms with E-state index in [1.54, 1.807) is 0 Å². The number of rotatable bonds is 6. The molecule has 2 fully saturated rings. The summed E-state index contributed by atoms with van der Waals surface area (Å²) in [4.78, 5) is 19.6. The van der Waals surface area contributed by atoms with Gasteiger partial charge < -0.3 is 4.90 Å². The molecule has 0 aliphatic carbocycles. The molecule has 0 spiro atoms. The van der Waals surface area contributed by atoms with Crippen LogP contribution in [0.4, 0.5) is 0 Å². The first-order valence-electron chi connectivity index (χ1n) is 11.3. The second-order valence-corrected chi connectivity index (χ2v) is 9.33. The van der Waals surface area contributed by atoms with Crippen LogP contribution >= 0.6 is 0 Å². The summed E-state index contributed by atoms with van der Waals surface area (Å²) >= 11 is 0. The van der Waals surface area contributed by atoms with E-state index in [2.05, 4.69) is 64.1 Å². The zero-order valence-electron chi connectivity index (χ0n) is 18.4. The summed E-state index contributed by atoms with van der Waals surface area (Å²) in [6.45, 7) is 12.6. The van der Waals surface area contributed by atoms with E-state index < -0.39 is 0 Å². The molecule has 4 rings (SSSR count). The van der Waals surface area contributed by atoms with Gasteiger partial charge in [0.1, 0.15) is 0 Å². The molecule has 0 unspecified atom stereocenters. The number of hydrogen-bond acceptors (Lipinski definition) is 4. The van der Waals surface area contributed by atoms with Gasteiger partial charge in [0.15, 0.2) is 0 Å².